The highest BCUT2D eigenvalue weighted by Crippen LogP contribution is 2.25. The topological polar surface area (TPSA) is 96.7 Å². The first-order valence-electron chi connectivity index (χ1n) is 8.82. The van der Waals surface area contributed by atoms with Gasteiger partial charge < -0.3 is 10.4 Å². The lowest BCUT2D eigenvalue weighted by Crippen LogP contribution is -2.17. The van der Waals surface area contributed by atoms with Crippen LogP contribution in [0.25, 0.3) is 22.8 Å². The molecule has 4 heterocycles. The highest BCUT2D eigenvalue weighted by Gasteiger charge is 2.15. The third kappa shape index (κ3) is 3.99. The second-order valence-corrected chi connectivity index (χ2v) is 6.05. The second kappa shape index (κ2) is 8.32. The highest BCUT2D eigenvalue weighted by molar-refractivity contribution is 5.65. The maximum atomic E-state index is 9.85. The number of rotatable bonds is 6. The summed E-state index contributed by atoms with van der Waals surface area (Å²) >= 11 is 0. The van der Waals surface area contributed by atoms with Crippen molar-refractivity contribution in [1.29, 1.82) is 0 Å². The summed E-state index contributed by atoms with van der Waals surface area (Å²) in [6, 6.07) is 16.4. The molecule has 1 atom stereocenters. The van der Waals surface area contributed by atoms with Crippen LogP contribution >= 0.6 is 0 Å². The number of anilines is 1. The fourth-order valence-electron chi connectivity index (χ4n) is 2.77. The summed E-state index contributed by atoms with van der Waals surface area (Å²) < 4.78 is 0. The Bertz CT molecular complexity index is 971. The monoisotopic (exact) mass is 370 g/mol. The van der Waals surface area contributed by atoms with Crippen molar-refractivity contribution in [3.8, 4) is 22.8 Å². The van der Waals surface area contributed by atoms with Crippen molar-refractivity contribution < 1.29 is 5.11 Å². The van der Waals surface area contributed by atoms with Crippen molar-refractivity contribution in [1.82, 2.24) is 24.9 Å². The summed E-state index contributed by atoms with van der Waals surface area (Å²) in [5.41, 5.74) is 2.97. The van der Waals surface area contributed by atoms with Crippen LogP contribution in [0.4, 0.5) is 5.82 Å². The molecule has 4 aromatic rings. The van der Waals surface area contributed by atoms with Crippen LogP contribution < -0.4 is 5.32 Å². The summed E-state index contributed by atoms with van der Waals surface area (Å²) in [7, 11) is 0. The minimum atomic E-state index is -0.394. The lowest BCUT2D eigenvalue weighted by atomic mass is 10.1. The van der Waals surface area contributed by atoms with E-state index in [1.807, 2.05) is 54.6 Å². The van der Waals surface area contributed by atoms with Crippen molar-refractivity contribution in [3.05, 3.63) is 85.1 Å². The standard InChI is InChI=1S/C21H18N6O/c28-14-19(16-7-1-3-10-23-16)25-20-12-18(15-6-5-9-22-13-15)26-21(27-20)17-8-2-4-11-24-17/h1-13,19,28H,14H2,(H,25,26,27). The third-order valence-electron chi connectivity index (χ3n) is 4.13. The number of aliphatic hydroxyl groups is 1. The van der Waals surface area contributed by atoms with E-state index in [-0.39, 0.29) is 6.61 Å². The largest absolute Gasteiger partial charge is 0.394 e. The Kier molecular flexibility index (Phi) is 5.26. The zero-order chi connectivity index (χ0) is 19.2. The van der Waals surface area contributed by atoms with Gasteiger partial charge in [-0.05, 0) is 36.4 Å². The minimum Gasteiger partial charge on any atom is -0.394 e. The van der Waals surface area contributed by atoms with E-state index in [1.54, 1.807) is 24.8 Å². The van der Waals surface area contributed by atoms with E-state index >= 15 is 0 Å². The zero-order valence-corrected chi connectivity index (χ0v) is 15.0. The van der Waals surface area contributed by atoms with Crippen LogP contribution in [-0.2, 0) is 0 Å². The van der Waals surface area contributed by atoms with Gasteiger partial charge in [0.2, 0.25) is 0 Å². The van der Waals surface area contributed by atoms with Crippen LogP contribution in [0.2, 0.25) is 0 Å². The molecule has 4 rings (SSSR count). The van der Waals surface area contributed by atoms with E-state index in [2.05, 4.69) is 30.2 Å². The van der Waals surface area contributed by atoms with Gasteiger partial charge in [-0.25, -0.2) is 9.97 Å². The summed E-state index contributed by atoms with van der Waals surface area (Å²) in [6.07, 6.45) is 6.86. The first kappa shape index (κ1) is 17.7. The Morgan fingerprint density at radius 2 is 1.71 bits per heavy atom. The lowest BCUT2D eigenvalue weighted by molar-refractivity contribution is 0.274. The van der Waals surface area contributed by atoms with E-state index in [0.29, 0.717) is 23.0 Å². The van der Waals surface area contributed by atoms with Gasteiger partial charge in [-0.1, -0.05) is 12.1 Å². The summed E-state index contributed by atoms with van der Waals surface area (Å²) in [5.74, 6) is 1.06. The molecule has 28 heavy (non-hydrogen) atoms. The maximum Gasteiger partial charge on any atom is 0.180 e. The highest BCUT2D eigenvalue weighted by atomic mass is 16.3. The van der Waals surface area contributed by atoms with Gasteiger partial charge in [0.1, 0.15) is 11.5 Å². The molecule has 0 fully saturated rings. The molecule has 0 aliphatic rings. The van der Waals surface area contributed by atoms with E-state index in [4.69, 9.17) is 0 Å². The molecule has 0 bridgehead atoms. The van der Waals surface area contributed by atoms with Crippen LogP contribution in [0, 0.1) is 0 Å². The van der Waals surface area contributed by atoms with Crippen molar-refractivity contribution >= 4 is 5.82 Å². The normalized spacial score (nSPS) is 11.8. The molecule has 0 amide bonds. The minimum absolute atomic E-state index is 0.123. The molecule has 0 saturated carbocycles. The number of hydrogen-bond acceptors (Lipinski definition) is 7. The first-order valence-corrected chi connectivity index (χ1v) is 8.82. The van der Waals surface area contributed by atoms with Crippen LogP contribution in [-0.4, -0.2) is 36.6 Å². The number of aliphatic hydroxyl groups excluding tert-OH is 1. The van der Waals surface area contributed by atoms with Crippen LogP contribution in [0.1, 0.15) is 11.7 Å². The van der Waals surface area contributed by atoms with Gasteiger partial charge in [-0.15, -0.1) is 0 Å². The number of nitrogens with zero attached hydrogens (tertiary/aromatic N) is 5. The van der Waals surface area contributed by atoms with Gasteiger partial charge in [0.25, 0.3) is 0 Å². The Morgan fingerprint density at radius 3 is 2.39 bits per heavy atom. The van der Waals surface area contributed by atoms with Gasteiger partial charge >= 0.3 is 0 Å². The molecule has 0 aliphatic heterocycles. The van der Waals surface area contributed by atoms with Crippen molar-refractivity contribution in [2.45, 2.75) is 6.04 Å². The van der Waals surface area contributed by atoms with Crippen LogP contribution in [0.15, 0.2) is 79.4 Å². The van der Waals surface area contributed by atoms with E-state index in [1.165, 1.54) is 0 Å². The number of aromatic nitrogens is 5. The molecular formula is C21H18N6O. The third-order valence-corrected chi connectivity index (χ3v) is 4.13. The summed E-state index contributed by atoms with van der Waals surface area (Å²) in [4.78, 5) is 22.1. The molecule has 2 N–H and O–H groups in total. The number of nitrogens with one attached hydrogen (secondary N) is 1. The SMILES string of the molecule is OCC(Nc1cc(-c2cccnc2)nc(-c2ccccn2)n1)c1ccccn1. The molecule has 0 spiro atoms. The molecule has 0 aromatic carbocycles. The fraction of sp³-hybridized carbons (Fsp3) is 0.0952. The van der Waals surface area contributed by atoms with Crippen LogP contribution in [0.3, 0.4) is 0 Å². The van der Waals surface area contributed by atoms with E-state index in [0.717, 1.165) is 11.3 Å². The number of hydrogen-bond donors (Lipinski definition) is 2. The molecule has 138 valence electrons. The van der Waals surface area contributed by atoms with Gasteiger partial charge in [0.15, 0.2) is 5.82 Å². The maximum absolute atomic E-state index is 9.85. The summed E-state index contributed by atoms with van der Waals surface area (Å²) in [6.45, 7) is -0.123. The Morgan fingerprint density at radius 1 is 0.857 bits per heavy atom. The second-order valence-electron chi connectivity index (χ2n) is 6.05. The molecule has 7 heteroatoms. The molecule has 1 unspecified atom stereocenters. The van der Waals surface area contributed by atoms with Crippen molar-refractivity contribution in [2.75, 3.05) is 11.9 Å². The molecule has 7 nitrogen and oxygen atoms in total. The Hall–Kier alpha value is -3.71. The molecule has 4 aromatic heterocycles. The van der Waals surface area contributed by atoms with Crippen molar-refractivity contribution in [2.24, 2.45) is 0 Å². The number of pyridine rings is 3. The van der Waals surface area contributed by atoms with Gasteiger partial charge in [-0.2, -0.15) is 0 Å². The smallest absolute Gasteiger partial charge is 0.180 e. The predicted octanol–water partition coefficient (Wildman–Crippen LogP) is 3.14. The first-order chi connectivity index (χ1) is 13.8. The van der Waals surface area contributed by atoms with E-state index < -0.39 is 6.04 Å². The molecular weight excluding hydrogens is 352 g/mol. The Labute approximate surface area is 162 Å². The molecule has 0 saturated heterocycles. The molecule has 0 radical (unpaired) electrons. The molecule has 0 aliphatic carbocycles. The zero-order valence-electron chi connectivity index (χ0n) is 15.0. The average molecular weight is 370 g/mol. The fourth-order valence-corrected chi connectivity index (χ4v) is 2.77. The summed E-state index contributed by atoms with van der Waals surface area (Å²) in [5, 5.41) is 13.1. The van der Waals surface area contributed by atoms with Gasteiger partial charge in [-0.3, -0.25) is 15.0 Å². The van der Waals surface area contributed by atoms with Crippen LogP contribution in [0.5, 0.6) is 0 Å². The van der Waals surface area contributed by atoms with Gasteiger partial charge in [0.05, 0.1) is 24.0 Å². The Balaban J connectivity index is 1.75. The lowest BCUT2D eigenvalue weighted by Gasteiger charge is -2.17. The average Bonchev–Trinajstić information content (AvgIpc) is 2.79. The van der Waals surface area contributed by atoms with Crippen molar-refractivity contribution in [3.63, 3.8) is 0 Å². The predicted molar refractivity (Wildman–Crippen MR) is 106 cm³/mol. The van der Waals surface area contributed by atoms with Gasteiger partial charge in [0, 0.05) is 36.4 Å². The quantitative estimate of drug-likeness (QED) is 0.538. The van der Waals surface area contributed by atoms with E-state index in [9.17, 15) is 5.11 Å².